The Balaban J connectivity index is 1.30. The summed E-state index contributed by atoms with van der Waals surface area (Å²) in [5.41, 5.74) is 0.499. The van der Waals surface area contributed by atoms with Crippen LogP contribution in [0.25, 0.3) is 11.0 Å². The average molecular weight is 511 g/mol. The van der Waals surface area contributed by atoms with E-state index in [0.717, 1.165) is 49.9 Å². The fourth-order valence-corrected chi connectivity index (χ4v) is 4.00. The summed E-state index contributed by atoms with van der Waals surface area (Å²) >= 11 is 0. The summed E-state index contributed by atoms with van der Waals surface area (Å²) < 4.78 is 58.9. The molecule has 7 nitrogen and oxygen atoms in total. The third kappa shape index (κ3) is 5.71. The lowest BCUT2D eigenvalue weighted by Crippen LogP contribution is -2.19. The predicted molar refractivity (Wildman–Crippen MR) is 132 cm³/mol. The second-order valence-electron chi connectivity index (χ2n) is 8.48. The van der Waals surface area contributed by atoms with Gasteiger partial charge in [-0.3, -0.25) is 4.98 Å². The summed E-state index contributed by atoms with van der Waals surface area (Å²) in [7, 11) is 0. The minimum Gasteiger partial charge on any atom is -0.454 e. The van der Waals surface area contributed by atoms with Gasteiger partial charge < -0.3 is 20.3 Å². The molecular formula is C26H21F4N5O2. The summed E-state index contributed by atoms with van der Waals surface area (Å²) in [6.45, 7) is 1.84. The lowest BCUT2D eigenvalue weighted by Gasteiger charge is -2.16. The van der Waals surface area contributed by atoms with Crippen LogP contribution in [0.2, 0.25) is 0 Å². The number of aromatic nitrogens is 2. The van der Waals surface area contributed by atoms with Gasteiger partial charge in [-0.1, -0.05) is 6.07 Å². The normalized spacial score (nSPS) is 13.6. The van der Waals surface area contributed by atoms with Crippen molar-refractivity contribution in [3.63, 3.8) is 0 Å². The molecule has 1 aliphatic rings. The number of nitrogens with zero attached hydrogens (tertiary/aromatic N) is 3. The molecule has 0 radical (unpaired) electrons. The molecule has 1 aliphatic heterocycles. The van der Waals surface area contributed by atoms with Gasteiger partial charge in [0.15, 0.2) is 11.6 Å². The van der Waals surface area contributed by atoms with E-state index in [4.69, 9.17) is 4.74 Å². The number of anilines is 3. The molecule has 0 aliphatic carbocycles. The van der Waals surface area contributed by atoms with Gasteiger partial charge in [0.2, 0.25) is 0 Å². The maximum absolute atomic E-state index is 14.5. The van der Waals surface area contributed by atoms with Crippen molar-refractivity contribution < 1.29 is 27.1 Å². The van der Waals surface area contributed by atoms with Gasteiger partial charge in [0.05, 0.1) is 22.8 Å². The standard InChI is InChI=1S/C26H21F4N5O2/c27-20-8-6-18(33-25(36)32-17-5-3-4-16(12-17)26(28,29)30)13-23(20)37-19-7-9-21-22(14-19)34-24(15-31-21)35-10-1-2-11-35/h3-9,12-15H,1-2,10-11H2,(H2,32,33,36). The van der Waals surface area contributed by atoms with Crippen LogP contribution in [0.1, 0.15) is 18.4 Å². The maximum Gasteiger partial charge on any atom is 0.416 e. The predicted octanol–water partition coefficient (Wildman–Crippen LogP) is 6.82. The van der Waals surface area contributed by atoms with Crippen molar-refractivity contribution in [2.45, 2.75) is 19.0 Å². The van der Waals surface area contributed by atoms with Crippen LogP contribution >= 0.6 is 0 Å². The van der Waals surface area contributed by atoms with E-state index in [-0.39, 0.29) is 17.1 Å². The van der Waals surface area contributed by atoms with Crippen molar-refractivity contribution in [3.05, 3.63) is 78.2 Å². The first-order valence-corrected chi connectivity index (χ1v) is 11.5. The number of carbonyl (C=O) groups excluding carboxylic acids is 1. The van der Waals surface area contributed by atoms with Gasteiger partial charge >= 0.3 is 12.2 Å². The lowest BCUT2D eigenvalue weighted by atomic mass is 10.2. The summed E-state index contributed by atoms with van der Waals surface area (Å²) in [4.78, 5) is 23.6. The number of nitrogens with one attached hydrogen (secondary N) is 2. The summed E-state index contributed by atoms with van der Waals surface area (Å²) in [6, 6.07) is 12.1. The van der Waals surface area contributed by atoms with Crippen molar-refractivity contribution in [2.75, 3.05) is 28.6 Å². The van der Waals surface area contributed by atoms with Crippen LogP contribution < -0.4 is 20.3 Å². The number of alkyl halides is 3. The Labute approximate surface area is 209 Å². The molecule has 1 fully saturated rings. The van der Waals surface area contributed by atoms with E-state index in [1.807, 2.05) is 0 Å². The molecule has 3 aromatic carbocycles. The Hall–Kier alpha value is -4.41. The summed E-state index contributed by atoms with van der Waals surface area (Å²) in [5, 5.41) is 4.80. The van der Waals surface area contributed by atoms with E-state index in [0.29, 0.717) is 16.8 Å². The molecule has 2 amide bonds. The molecule has 0 saturated carbocycles. The van der Waals surface area contributed by atoms with Crippen LogP contribution in [0, 0.1) is 5.82 Å². The average Bonchev–Trinajstić information content (AvgIpc) is 3.40. The van der Waals surface area contributed by atoms with Gasteiger partial charge in [-0.15, -0.1) is 0 Å². The molecule has 190 valence electrons. The zero-order valence-corrected chi connectivity index (χ0v) is 19.3. The molecule has 11 heteroatoms. The monoisotopic (exact) mass is 511 g/mol. The van der Waals surface area contributed by atoms with E-state index in [1.165, 1.54) is 24.3 Å². The Morgan fingerprint density at radius 1 is 0.919 bits per heavy atom. The highest BCUT2D eigenvalue weighted by atomic mass is 19.4. The number of halogens is 4. The number of rotatable bonds is 5. The number of ether oxygens (including phenoxy) is 1. The number of urea groups is 1. The third-order valence-corrected chi connectivity index (χ3v) is 5.80. The molecule has 1 saturated heterocycles. The fourth-order valence-electron chi connectivity index (χ4n) is 4.00. The highest BCUT2D eigenvalue weighted by Gasteiger charge is 2.30. The van der Waals surface area contributed by atoms with Crippen LogP contribution in [0.4, 0.5) is 39.5 Å². The molecule has 0 bridgehead atoms. The molecule has 37 heavy (non-hydrogen) atoms. The van der Waals surface area contributed by atoms with E-state index in [2.05, 4.69) is 25.5 Å². The number of benzene rings is 3. The molecular weight excluding hydrogens is 490 g/mol. The Morgan fingerprint density at radius 2 is 1.68 bits per heavy atom. The number of amides is 2. The van der Waals surface area contributed by atoms with Crippen molar-refractivity contribution in [1.29, 1.82) is 0 Å². The summed E-state index contributed by atoms with van der Waals surface area (Å²) in [5.74, 6) is 0.275. The van der Waals surface area contributed by atoms with Gasteiger partial charge in [-0.2, -0.15) is 13.2 Å². The fraction of sp³-hybridized carbons (Fsp3) is 0.192. The molecule has 0 spiro atoms. The molecule has 5 rings (SSSR count). The first-order valence-electron chi connectivity index (χ1n) is 11.5. The van der Waals surface area contributed by atoms with E-state index in [9.17, 15) is 22.4 Å². The van der Waals surface area contributed by atoms with Gasteiger partial charge in [0.25, 0.3) is 0 Å². The number of fused-ring (bicyclic) bond motifs is 1. The first kappa shape index (κ1) is 24.3. The quantitative estimate of drug-likeness (QED) is 0.287. The van der Waals surface area contributed by atoms with Gasteiger partial charge in [-0.05, 0) is 55.3 Å². The third-order valence-electron chi connectivity index (χ3n) is 5.80. The van der Waals surface area contributed by atoms with E-state index < -0.39 is 23.6 Å². The molecule has 1 aromatic heterocycles. The number of hydrogen-bond acceptors (Lipinski definition) is 5. The first-order chi connectivity index (χ1) is 17.7. The smallest absolute Gasteiger partial charge is 0.416 e. The number of hydrogen-bond donors (Lipinski definition) is 2. The zero-order valence-electron chi connectivity index (χ0n) is 19.3. The van der Waals surface area contributed by atoms with Crippen LogP contribution in [0.15, 0.2) is 66.9 Å². The molecule has 2 heterocycles. The lowest BCUT2D eigenvalue weighted by molar-refractivity contribution is -0.137. The minimum absolute atomic E-state index is 0.0449. The van der Waals surface area contributed by atoms with E-state index >= 15 is 0 Å². The van der Waals surface area contributed by atoms with Crippen LogP contribution in [-0.4, -0.2) is 29.1 Å². The second-order valence-corrected chi connectivity index (χ2v) is 8.48. The van der Waals surface area contributed by atoms with Crippen LogP contribution in [-0.2, 0) is 6.18 Å². The molecule has 0 unspecified atom stereocenters. The second kappa shape index (κ2) is 9.92. The van der Waals surface area contributed by atoms with E-state index in [1.54, 1.807) is 24.4 Å². The molecule has 0 atom stereocenters. The number of carbonyl (C=O) groups is 1. The van der Waals surface area contributed by atoms with Crippen molar-refractivity contribution in [2.24, 2.45) is 0 Å². The van der Waals surface area contributed by atoms with Crippen LogP contribution in [0.5, 0.6) is 11.5 Å². The molecule has 2 N–H and O–H groups in total. The van der Waals surface area contributed by atoms with Crippen molar-refractivity contribution in [1.82, 2.24) is 9.97 Å². The van der Waals surface area contributed by atoms with Crippen LogP contribution in [0.3, 0.4) is 0 Å². The Bertz CT molecular complexity index is 1450. The van der Waals surface area contributed by atoms with Crippen molar-refractivity contribution >= 4 is 34.3 Å². The maximum atomic E-state index is 14.5. The Kier molecular flexibility index (Phi) is 6.51. The van der Waals surface area contributed by atoms with Gasteiger partial charge in [0.1, 0.15) is 11.6 Å². The SMILES string of the molecule is O=C(Nc1cccc(C(F)(F)F)c1)Nc1ccc(F)c(Oc2ccc3ncc(N4CCCC4)nc3c2)c1. The van der Waals surface area contributed by atoms with Crippen molar-refractivity contribution in [3.8, 4) is 11.5 Å². The van der Waals surface area contributed by atoms with Gasteiger partial charge in [-0.25, -0.2) is 14.2 Å². The van der Waals surface area contributed by atoms with Gasteiger partial charge in [0, 0.05) is 36.6 Å². The largest absolute Gasteiger partial charge is 0.454 e. The highest BCUT2D eigenvalue weighted by molar-refractivity contribution is 5.99. The topological polar surface area (TPSA) is 79.4 Å². The minimum atomic E-state index is -4.54. The summed E-state index contributed by atoms with van der Waals surface area (Å²) in [6.07, 6.45) is -0.607. The highest BCUT2D eigenvalue weighted by Crippen LogP contribution is 2.32. The zero-order chi connectivity index (χ0) is 26.0. The molecule has 4 aromatic rings. The Morgan fingerprint density at radius 3 is 2.43 bits per heavy atom.